The molecule has 1 heterocycles. The second-order valence-corrected chi connectivity index (χ2v) is 7.08. The van der Waals surface area contributed by atoms with Crippen LogP contribution in [0.2, 0.25) is 0 Å². The van der Waals surface area contributed by atoms with Gasteiger partial charge in [-0.1, -0.05) is 49.8 Å². The molecule has 0 fully saturated rings. The Kier molecular flexibility index (Phi) is 7.59. The first kappa shape index (κ1) is 20.7. The second-order valence-electron chi connectivity index (χ2n) is 7.08. The van der Waals surface area contributed by atoms with Crippen LogP contribution in [0.15, 0.2) is 59.9 Å². The molecule has 4 nitrogen and oxygen atoms in total. The number of rotatable bonds is 9. The highest BCUT2D eigenvalue weighted by atomic mass is 16.2. The Hall–Kier alpha value is -2.62. The molecule has 1 aromatic heterocycles. The Morgan fingerprint density at radius 3 is 2.63 bits per heavy atom. The lowest BCUT2D eigenvalue weighted by Crippen LogP contribution is -2.39. The van der Waals surface area contributed by atoms with E-state index in [9.17, 15) is 9.59 Å². The fraction of sp³-hybridized carbons (Fsp3) is 0.391. The lowest BCUT2D eigenvalue weighted by atomic mass is 10.1. The maximum Gasteiger partial charge on any atom is 0.264 e. The summed E-state index contributed by atoms with van der Waals surface area (Å²) >= 11 is 0. The summed E-state index contributed by atoms with van der Waals surface area (Å²) in [5, 5.41) is 3.90. The molecule has 0 radical (unpaired) electrons. The highest BCUT2D eigenvalue weighted by Gasteiger charge is 2.19. The van der Waals surface area contributed by atoms with E-state index >= 15 is 0 Å². The van der Waals surface area contributed by atoms with Crippen LogP contribution in [-0.2, 0) is 0 Å². The van der Waals surface area contributed by atoms with E-state index in [0.717, 1.165) is 30.2 Å². The van der Waals surface area contributed by atoms with Crippen LogP contribution >= 0.6 is 0 Å². The average Bonchev–Trinajstić information content (AvgIpc) is 2.64. The number of aromatic nitrogens is 1. The van der Waals surface area contributed by atoms with Gasteiger partial charge in [0.2, 0.25) is 0 Å². The van der Waals surface area contributed by atoms with Crippen LogP contribution in [0.25, 0.3) is 10.9 Å². The van der Waals surface area contributed by atoms with E-state index in [2.05, 4.69) is 31.0 Å². The summed E-state index contributed by atoms with van der Waals surface area (Å²) in [6.45, 7) is 9.82. The number of para-hydroxylation sites is 1. The third-order valence-corrected chi connectivity index (χ3v) is 4.54. The quantitative estimate of drug-likeness (QED) is 0.635. The first-order valence-electron chi connectivity index (χ1n) is 9.70. The van der Waals surface area contributed by atoms with Gasteiger partial charge in [0.1, 0.15) is 5.56 Å². The number of allylic oxidation sites excluding steroid dienone is 1. The minimum absolute atomic E-state index is 0.0314. The number of unbranched alkanes of at least 4 members (excludes halogenated alkanes) is 1. The van der Waals surface area contributed by atoms with E-state index in [1.807, 2.05) is 38.1 Å². The molecule has 0 saturated carbocycles. The molecule has 144 valence electrons. The normalized spacial score (nSPS) is 12.6. The summed E-state index contributed by atoms with van der Waals surface area (Å²) < 4.78 is 1.69. The molecule has 1 N–H and O–H groups in total. The van der Waals surface area contributed by atoms with Crippen LogP contribution in [-0.4, -0.2) is 16.5 Å². The summed E-state index contributed by atoms with van der Waals surface area (Å²) in [5.41, 5.74) is 0.785. The summed E-state index contributed by atoms with van der Waals surface area (Å²) in [6.07, 6.45) is 9.53. The van der Waals surface area contributed by atoms with E-state index < -0.39 is 0 Å². The second kappa shape index (κ2) is 9.91. The average molecular weight is 367 g/mol. The summed E-state index contributed by atoms with van der Waals surface area (Å²) in [7, 11) is 0. The number of fused-ring (bicyclic) bond motifs is 1. The number of nitrogens with one attached hydrogen (secondary N) is 1. The standard InChI is InChI=1S/C23H30N2O2/c1-5-7-8-9-14-19(12-6-2)24-22(26)20-16-18-13-10-11-15-21(18)25(17(3)4)23(20)27/h6,8-11,13,15-17,19H,2,5,7,12,14H2,1,3-4H3,(H,24,26)/b9-8-. The number of nitrogens with zero attached hydrogens (tertiary/aromatic N) is 1. The smallest absolute Gasteiger partial charge is 0.264 e. The minimum Gasteiger partial charge on any atom is -0.349 e. The number of hydrogen-bond acceptors (Lipinski definition) is 2. The molecule has 0 spiro atoms. The Bertz CT molecular complexity index is 878. The number of hydrogen-bond donors (Lipinski definition) is 1. The van der Waals surface area contributed by atoms with Crippen molar-refractivity contribution in [1.29, 1.82) is 0 Å². The van der Waals surface area contributed by atoms with Gasteiger partial charge in [0.15, 0.2) is 0 Å². The summed E-state index contributed by atoms with van der Waals surface area (Å²) in [5.74, 6) is -0.323. The maximum absolute atomic E-state index is 13.0. The Balaban J connectivity index is 2.34. The zero-order chi connectivity index (χ0) is 19.8. The fourth-order valence-electron chi connectivity index (χ4n) is 3.18. The van der Waals surface area contributed by atoms with E-state index in [0.29, 0.717) is 6.42 Å². The van der Waals surface area contributed by atoms with Gasteiger partial charge in [-0.25, -0.2) is 0 Å². The number of pyridine rings is 1. The van der Waals surface area contributed by atoms with Crippen molar-refractivity contribution in [3.8, 4) is 0 Å². The van der Waals surface area contributed by atoms with Gasteiger partial charge in [-0.15, -0.1) is 6.58 Å². The van der Waals surface area contributed by atoms with Gasteiger partial charge in [0.05, 0.1) is 5.52 Å². The molecule has 0 saturated heterocycles. The lowest BCUT2D eigenvalue weighted by Gasteiger charge is -2.18. The molecule has 2 aromatic rings. The lowest BCUT2D eigenvalue weighted by molar-refractivity contribution is 0.0935. The molecule has 0 bridgehead atoms. The zero-order valence-electron chi connectivity index (χ0n) is 16.6. The van der Waals surface area contributed by atoms with Crippen molar-refractivity contribution in [2.75, 3.05) is 0 Å². The molecule has 1 atom stereocenters. The molecule has 27 heavy (non-hydrogen) atoms. The van der Waals surface area contributed by atoms with Gasteiger partial charge in [0.25, 0.3) is 11.5 Å². The highest BCUT2D eigenvalue weighted by molar-refractivity contribution is 5.97. The monoisotopic (exact) mass is 366 g/mol. The van der Waals surface area contributed by atoms with Crippen molar-refractivity contribution >= 4 is 16.8 Å². The predicted octanol–water partition coefficient (Wildman–Crippen LogP) is 5.00. The van der Waals surface area contributed by atoms with E-state index in [4.69, 9.17) is 0 Å². The highest BCUT2D eigenvalue weighted by Crippen LogP contribution is 2.17. The molecule has 0 aliphatic carbocycles. The third-order valence-electron chi connectivity index (χ3n) is 4.54. The molecule has 2 rings (SSSR count). The van der Waals surface area contributed by atoms with Crippen LogP contribution in [0.1, 0.15) is 62.9 Å². The molecule has 1 unspecified atom stereocenters. The summed E-state index contributed by atoms with van der Waals surface area (Å²) in [4.78, 5) is 25.8. The predicted molar refractivity (Wildman–Crippen MR) is 113 cm³/mol. The largest absolute Gasteiger partial charge is 0.349 e. The minimum atomic E-state index is -0.323. The molecule has 4 heteroatoms. The topological polar surface area (TPSA) is 51.1 Å². The molecule has 0 aliphatic heterocycles. The van der Waals surface area contributed by atoms with Crippen LogP contribution in [0.3, 0.4) is 0 Å². The maximum atomic E-state index is 13.0. The van der Waals surface area contributed by atoms with Crippen molar-refractivity contribution in [1.82, 2.24) is 9.88 Å². The van der Waals surface area contributed by atoms with Crippen molar-refractivity contribution in [2.24, 2.45) is 0 Å². The van der Waals surface area contributed by atoms with Gasteiger partial charge in [-0.3, -0.25) is 9.59 Å². The van der Waals surface area contributed by atoms with Crippen molar-refractivity contribution in [2.45, 2.75) is 58.5 Å². The van der Waals surface area contributed by atoms with E-state index in [1.165, 1.54) is 0 Å². The van der Waals surface area contributed by atoms with Gasteiger partial charge < -0.3 is 9.88 Å². The fourth-order valence-corrected chi connectivity index (χ4v) is 3.18. The summed E-state index contributed by atoms with van der Waals surface area (Å²) in [6, 6.07) is 9.26. The van der Waals surface area contributed by atoms with E-state index in [-0.39, 0.29) is 29.1 Å². The van der Waals surface area contributed by atoms with Crippen LogP contribution in [0, 0.1) is 0 Å². The molecular weight excluding hydrogens is 336 g/mol. The van der Waals surface area contributed by atoms with Crippen molar-refractivity contribution in [3.05, 3.63) is 71.1 Å². The number of benzene rings is 1. The van der Waals surface area contributed by atoms with E-state index in [1.54, 1.807) is 16.7 Å². The molecule has 0 aliphatic rings. The number of carbonyl (C=O) groups is 1. The Labute approximate surface area is 161 Å². The zero-order valence-corrected chi connectivity index (χ0v) is 16.6. The third kappa shape index (κ3) is 5.19. The van der Waals surface area contributed by atoms with Crippen molar-refractivity contribution < 1.29 is 4.79 Å². The van der Waals surface area contributed by atoms with Crippen LogP contribution in [0.5, 0.6) is 0 Å². The first-order chi connectivity index (χ1) is 13.0. The van der Waals surface area contributed by atoms with Gasteiger partial charge in [-0.05, 0) is 50.6 Å². The first-order valence-corrected chi connectivity index (χ1v) is 9.70. The van der Waals surface area contributed by atoms with Crippen LogP contribution < -0.4 is 10.9 Å². The Morgan fingerprint density at radius 2 is 1.96 bits per heavy atom. The van der Waals surface area contributed by atoms with Crippen LogP contribution in [0.4, 0.5) is 0 Å². The Morgan fingerprint density at radius 1 is 1.22 bits per heavy atom. The van der Waals surface area contributed by atoms with Gasteiger partial charge in [-0.2, -0.15) is 0 Å². The number of amides is 1. The van der Waals surface area contributed by atoms with Gasteiger partial charge in [0, 0.05) is 12.1 Å². The SMILES string of the molecule is C=CCC(C/C=C\CCC)NC(=O)c1cc2ccccc2n(C(C)C)c1=O. The molecular formula is C23H30N2O2. The van der Waals surface area contributed by atoms with Crippen molar-refractivity contribution in [3.63, 3.8) is 0 Å². The van der Waals surface area contributed by atoms with Gasteiger partial charge >= 0.3 is 0 Å². The number of carbonyl (C=O) groups excluding carboxylic acids is 1. The molecule has 1 aromatic carbocycles. The molecule has 1 amide bonds.